The summed E-state index contributed by atoms with van der Waals surface area (Å²) in [6.07, 6.45) is 6.01. The van der Waals surface area contributed by atoms with Gasteiger partial charge in [-0.2, -0.15) is 0 Å². The summed E-state index contributed by atoms with van der Waals surface area (Å²) in [5.41, 5.74) is 11.8. The molecule has 2 aromatic rings. The predicted octanol–water partition coefficient (Wildman–Crippen LogP) is 3.68. The van der Waals surface area contributed by atoms with Gasteiger partial charge in [0.05, 0.1) is 0 Å². The Morgan fingerprint density at radius 2 is 1.58 bits per heavy atom. The van der Waals surface area contributed by atoms with Crippen LogP contribution in [0.15, 0.2) is 60.8 Å². The number of benzene rings is 2. The molecule has 2 N–H and O–H groups in total. The summed E-state index contributed by atoms with van der Waals surface area (Å²) >= 11 is 0. The number of fused-ring (bicyclic) bond motifs is 8. The summed E-state index contributed by atoms with van der Waals surface area (Å²) in [6, 6.07) is 17.8. The fourth-order valence-electron chi connectivity index (χ4n) is 4.15. The molecule has 2 aliphatic rings. The van der Waals surface area contributed by atoms with Crippen LogP contribution in [0.3, 0.4) is 0 Å². The average Bonchev–Trinajstić information content (AvgIpc) is 2.98. The second-order valence-corrected chi connectivity index (χ2v) is 5.65. The van der Waals surface area contributed by atoms with Gasteiger partial charge in [-0.05, 0) is 41.3 Å². The number of nitrogens with two attached hydrogens (primary N) is 1. The number of rotatable bonds is 2. The normalized spacial score (nSPS) is 26.6. The minimum Gasteiger partial charge on any atom is -0.405 e. The molecule has 19 heavy (non-hydrogen) atoms. The van der Waals surface area contributed by atoms with Crippen LogP contribution in [-0.2, 0) is 5.41 Å². The first-order chi connectivity index (χ1) is 9.37. The predicted molar refractivity (Wildman–Crippen MR) is 78.1 cm³/mol. The highest BCUT2D eigenvalue weighted by Crippen LogP contribution is 2.61. The van der Waals surface area contributed by atoms with E-state index >= 15 is 0 Å². The number of hydrogen-bond acceptors (Lipinski definition) is 1. The van der Waals surface area contributed by atoms with Gasteiger partial charge in [-0.15, -0.1) is 0 Å². The molecule has 1 nitrogen and oxygen atoms in total. The van der Waals surface area contributed by atoms with E-state index in [1.54, 1.807) is 6.20 Å². The minimum atomic E-state index is 0.160. The van der Waals surface area contributed by atoms with Gasteiger partial charge in [0.2, 0.25) is 0 Å². The molecule has 0 amide bonds. The molecule has 0 saturated heterocycles. The Hall–Kier alpha value is -2.02. The lowest BCUT2D eigenvalue weighted by Gasteiger charge is -2.30. The van der Waals surface area contributed by atoms with Crippen LogP contribution in [0.25, 0.3) is 0 Å². The lowest BCUT2D eigenvalue weighted by atomic mass is 9.73. The monoisotopic (exact) mass is 247 g/mol. The third-order valence-electron chi connectivity index (χ3n) is 4.86. The van der Waals surface area contributed by atoms with Crippen molar-refractivity contribution in [3.8, 4) is 0 Å². The molecule has 0 aromatic heterocycles. The average molecular weight is 247 g/mol. The molecule has 1 heteroatoms. The number of allylic oxidation sites excluding steroid dienone is 1. The molecule has 0 aliphatic heterocycles. The molecule has 0 fully saturated rings. The molecule has 2 aromatic carbocycles. The second-order valence-electron chi connectivity index (χ2n) is 5.65. The Morgan fingerprint density at radius 3 is 2.16 bits per heavy atom. The number of hydrogen-bond donors (Lipinski definition) is 1. The Bertz CT molecular complexity index is 621. The quantitative estimate of drug-likeness (QED) is 0.860. The molecular formula is C18H17N. The first-order valence-electron chi connectivity index (χ1n) is 6.92. The summed E-state index contributed by atoms with van der Waals surface area (Å²) in [4.78, 5) is 0. The van der Waals surface area contributed by atoms with Crippen LogP contribution in [0, 0.1) is 0 Å². The molecule has 0 heterocycles. The fraction of sp³-hybridized carbons (Fsp3) is 0.222. The lowest BCUT2D eigenvalue weighted by Crippen LogP contribution is -2.23. The van der Waals surface area contributed by atoms with E-state index in [2.05, 4.69) is 54.6 Å². The van der Waals surface area contributed by atoms with Crippen LogP contribution < -0.4 is 5.73 Å². The summed E-state index contributed by atoms with van der Waals surface area (Å²) in [7, 11) is 0. The Morgan fingerprint density at radius 1 is 1.00 bits per heavy atom. The standard InChI is InChI=1S/C18H17N/c19-11-5-10-18-12-15(13-6-1-3-8-16(13)18)14-7-2-4-9-17(14)18/h1-9,11,15H,10,12,19H2. The van der Waals surface area contributed by atoms with Crippen LogP contribution in [0.2, 0.25) is 0 Å². The van der Waals surface area contributed by atoms with E-state index in [0.29, 0.717) is 5.92 Å². The van der Waals surface area contributed by atoms with Gasteiger partial charge in [0.25, 0.3) is 0 Å². The van der Waals surface area contributed by atoms with E-state index in [9.17, 15) is 0 Å². The zero-order chi connectivity index (χ0) is 12.9. The molecule has 94 valence electrons. The van der Waals surface area contributed by atoms with Crippen molar-refractivity contribution < 1.29 is 0 Å². The fourth-order valence-corrected chi connectivity index (χ4v) is 4.15. The highest BCUT2D eigenvalue weighted by atomic mass is 14.5. The highest BCUT2D eigenvalue weighted by Gasteiger charge is 2.51. The smallest absolute Gasteiger partial charge is 0.0252 e. The maximum Gasteiger partial charge on any atom is 0.0252 e. The van der Waals surface area contributed by atoms with Crippen molar-refractivity contribution in [1.82, 2.24) is 0 Å². The van der Waals surface area contributed by atoms with Crippen molar-refractivity contribution in [1.29, 1.82) is 0 Å². The van der Waals surface area contributed by atoms with E-state index in [0.717, 1.165) is 6.42 Å². The van der Waals surface area contributed by atoms with Crippen LogP contribution in [0.5, 0.6) is 0 Å². The summed E-state index contributed by atoms with van der Waals surface area (Å²) in [5.74, 6) is 0.582. The SMILES string of the molecule is NC=CCC12CC(c3ccccc31)c1ccccc12. The zero-order valence-corrected chi connectivity index (χ0v) is 10.8. The van der Waals surface area contributed by atoms with Crippen molar-refractivity contribution in [2.24, 2.45) is 5.73 Å². The summed E-state index contributed by atoms with van der Waals surface area (Å²) < 4.78 is 0. The molecule has 2 bridgehead atoms. The first kappa shape index (κ1) is 10.9. The van der Waals surface area contributed by atoms with Crippen LogP contribution in [0.4, 0.5) is 0 Å². The Kier molecular flexibility index (Phi) is 2.14. The molecule has 0 unspecified atom stereocenters. The largest absolute Gasteiger partial charge is 0.405 e. The van der Waals surface area contributed by atoms with Crippen molar-refractivity contribution in [2.75, 3.05) is 0 Å². The van der Waals surface area contributed by atoms with Gasteiger partial charge in [0.15, 0.2) is 0 Å². The summed E-state index contributed by atoms with van der Waals surface area (Å²) in [5, 5.41) is 0. The maximum atomic E-state index is 5.59. The van der Waals surface area contributed by atoms with Crippen LogP contribution >= 0.6 is 0 Å². The Balaban J connectivity index is 1.99. The maximum absolute atomic E-state index is 5.59. The van der Waals surface area contributed by atoms with E-state index < -0.39 is 0 Å². The molecule has 0 radical (unpaired) electrons. The van der Waals surface area contributed by atoms with Gasteiger partial charge in [-0.25, -0.2) is 0 Å². The van der Waals surface area contributed by atoms with E-state index in [1.807, 2.05) is 0 Å². The van der Waals surface area contributed by atoms with Gasteiger partial charge < -0.3 is 5.73 Å². The highest BCUT2D eigenvalue weighted by molar-refractivity contribution is 5.62. The molecule has 4 rings (SSSR count). The summed E-state index contributed by atoms with van der Waals surface area (Å²) in [6.45, 7) is 0. The van der Waals surface area contributed by atoms with Crippen LogP contribution in [0.1, 0.15) is 41.0 Å². The zero-order valence-electron chi connectivity index (χ0n) is 10.8. The van der Waals surface area contributed by atoms with Crippen molar-refractivity contribution in [3.63, 3.8) is 0 Å². The third kappa shape index (κ3) is 1.25. The first-order valence-corrected chi connectivity index (χ1v) is 6.92. The molecule has 0 spiro atoms. The minimum absolute atomic E-state index is 0.160. The van der Waals surface area contributed by atoms with E-state index in [4.69, 9.17) is 5.73 Å². The molecular weight excluding hydrogens is 230 g/mol. The Labute approximate surface area is 113 Å². The molecule has 2 aliphatic carbocycles. The van der Waals surface area contributed by atoms with Gasteiger partial charge in [-0.3, -0.25) is 0 Å². The van der Waals surface area contributed by atoms with E-state index in [-0.39, 0.29) is 5.41 Å². The molecule has 0 saturated carbocycles. The van der Waals surface area contributed by atoms with Crippen molar-refractivity contribution in [3.05, 3.63) is 83.1 Å². The van der Waals surface area contributed by atoms with Gasteiger partial charge in [0, 0.05) is 11.3 Å². The van der Waals surface area contributed by atoms with Crippen LogP contribution in [-0.4, -0.2) is 0 Å². The lowest BCUT2D eigenvalue weighted by molar-refractivity contribution is 0.538. The second kappa shape index (κ2) is 3.74. The van der Waals surface area contributed by atoms with Gasteiger partial charge in [-0.1, -0.05) is 54.6 Å². The topological polar surface area (TPSA) is 26.0 Å². The van der Waals surface area contributed by atoms with Gasteiger partial charge >= 0.3 is 0 Å². The molecule has 0 atom stereocenters. The third-order valence-corrected chi connectivity index (χ3v) is 4.86. The van der Waals surface area contributed by atoms with Crippen molar-refractivity contribution >= 4 is 0 Å². The van der Waals surface area contributed by atoms with Gasteiger partial charge in [0.1, 0.15) is 0 Å². The van der Waals surface area contributed by atoms with E-state index in [1.165, 1.54) is 28.7 Å². The van der Waals surface area contributed by atoms with Crippen molar-refractivity contribution in [2.45, 2.75) is 24.2 Å².